The van der Waals surface area contributed by atoms with Gasteiger partial charge in [0.15, 0.2) is 10.8 Å². The van der Waals surface area contributed by atoms with E-state index in [4.69, 9.17) is 22.4 Å². The maximum atomic E-state index is 12.3. The highest BCUT2D eigenvalue weighted by Crippen LogP contribution is 2.20. The van der Waals surface area contributed by atoms with Gasteiger partial charge in [-0.05, 0) is 42.5 Å². The average molecular weight is 337 g/mol. The molecule has 0 saturated carbocycles. The molecular weight excluding hydrogens is 326 g/mol. The summed E-state index contributed by atoms with van der Waals surface area (Å²) in [6, 6.07) is 14.3. The van der Waals surface area contributed by atoms with Crippen LogP contribution in [-0.2, 0) is 0 Å². The van der Waals surface area contributed by atoms with Crippen molar-refractivity contribution in [2.45, 2.75) is 0 Å². The third-order valence-corrected chi connectivity index (χ3v) is 3.59. The first-order valence-electron chi connectivity index (χ1n) is 7.07. The van der Waals surface area contributed by atoms with Crippen LogP contribution in [0.5, 0.6) is 0 Å². The molecule has 0 aliphatic rings. The number of thiocarbonyl (C=S) groups is 1. The number of nitrogens with zero attached hydrogens (tertiary/aromatic N) is 3. The fourth-order valence-electron chi connectivity index (χ4n) is 2.43. The molecule has 24 heavy (non-hydrogen) atoms. The first-order valence-corrected chi connectivity index (χ1v) is 7.48. The monoisotopic (exact) mass is 337 g/mol. The molecule has 0 unspecified atom stereocenters. The van der Waals surface area contributed by atoms with E-state index in [-0.39, 0.29) is 10.8 Å². The zero-order valence-corrected chi connectivity index (χ0v) is 13.1. The lowest BCUT2D eigenvalue weighted by molar-refractivity contribution is 0.546. The van der Waals surface area contributed by atoms with E-state index >= 15 is 0 Å². The molecular formula is C16H11N5O2S. The second kappa shape index (κ2) is 5.43. The van der Waals surface area contributed by atoms with E-state index in [0.717, 1.165) is 5.39 Å². The molecule has 0 atom stereocenters. The fraction of sp³-hybridized carbons (Fsp3) is 0. The third-order valence-electron chi connectivity index (χ3n) is 3.49. The van der Waals surface area contributed by atoms with Crippen LogP contribution in [0.3, 0.4) is 0 Å². The molecule has 2 heterocycles. The van der Waals surface area contributed by atoms with Crippen LogP contribution in [0, 0.1) is 0 Å². The van der Waals surface area contributed by atoms with Crippen LogP contribution in [0.15, 0.2) is 57.7 Å². The quantitative estimate of drug-likeness (QED) is 0.427. The van der Waals surface area contributed by atoms with Crippen molar-refractivity contribution in [3.63, 3.8) is 0 Å². The Morgan fingerprint density at radius 1 is 1.12 bits per heavy atom. The van der Waals surface area contributed by atoms with Gasteiger partial charge in [0.05, 0.1) is 0 Å². The smallest absolute Gasteiger partial charge is 0.364 e. The van der Waals surface area contributed by atoms with Crippen molar-refractivity contribution in [2.24, 2.45) is 5.73 Å². The standard InChI is InChI=1S/C16H11N5O2S/c17-16(24)18-10-6-5-9-7-13(15(22)23-14(9)8-10)21-19-11-3-1-2-4-12(11)20-21/h1-8H,(H3,17,18,24). The molecule has 0 spiro atoms. The molecule has 7 nitrogen and oxygen atoms in total. The number of hydrogen-bond donors (Lipinski definition) is 2. The minimum atomic E-state index is -0.532. The number of hydrogen-bond acceptors (Lipinski definition) is 5. The van der Waals surface area contributed by atoms with E-state index in [1.807, 2.05) is 24.3 Å². The summed E-state index contributed by atoms with van der Waals surface area (Å²) in [5, 5.41) is 12.3. The normalized spacial score (nSPS) is 11.0. The molecule has 0 radical (unpaired) electrons. The molecule has 0 bridgehead atoms. The van der Waals surface area contributed by atoms with Gasteiger partial charge in [-0.3, -0.25) is 0 Å². The zero-order valence-electron chi connectivity index (χ0n) is 12.3. The largest absolute Gasteiger partial charge is 0.421 e. The minimum absolute atomic E-state index is 0.140. The van der Waals surface area contributed by atoms with Gasteiger partial charge >= 0.3 is 5.63 Å². The Kier molecular flexibility index (Phi) is 3.24. The van der Waals surface area contributed by atoms with E-state index in [9.17, 15) is 4.79 Å². The number of fused-ring (bicyclic) bond motifs is 2. The number of anilines is 1. The Morgan fingerprint density at radius 2 is 1.83 bits per heavy atom. The third kappa shape index (κ3) is 2.48. The lowest BCUT2D eigenvalue weighted by atomic mass is 10.2. The van der Waals surface area contributed by atoms with Crippen LogP contribution in [-0.4, -0.2) is 20.1 Å². The molecule has 2 aromatic carbocycles. The van der Waals surface area contributed by atoms with Gasteiger partial charge in [0.1, 0.15) is 16.6 Å². The number of rotatable bonds is 2. The molecule has 3 N–H and O–H groups in total. The Balaban J connectivity index is 1.85. The number of aromatic nitrogens is 3. The van der Waals surface area contributed by atoms with Crippen molar-refractivity contribution in [3.05, 3.63) is 59.0 Å². The molecule has 4 rings (SSSR count). The zero-order chi connectivity index (χ0) is 16.7. The Morgan fingerprint density at radius 3 is 2.50 bits per heavy atom. The summed E-state index contributed by atoms with van der Waals surface area (Å²) in [5.74, 6) is 0. The van der Waals surface area contributed by atoms with Gasteiger partial charge in [0.2, 0.25) is 0 Å². The maximum Gasteiger partial charge on any atom is 0.364 e. The molecule has 0 saturated heterocycles. The van der Waals surface area contributed by atoms with E-state index in [1.165, 1.54) is 4.80 Å². The average Bonchev–Trinajstić information content (AvgIpc) is 2.97. The Hall–Kier alpha value is -3.26. The van der Waals surface area contributed by atoms with Gasteiger partial charge in [-0.2, -0.15) is 0 Å². The fourth-order valence-corrected chi connectivity index (χ4v) is 2.55. The maximum absolute atomic E-state index is 12.3. The molecule has 4 aromatic rings. The van der Waals surface area contributed by atoms with Crippen LogP contribution in [0.1, 0.15) is 0 Å². The lowest BCUT2D eigenvalue weighted by Crippen LogP contribution is -2.18. The first-order chi connectivity index (χ1) is 11.6. The summed E-state index contributed by atoms with van der Waals surface area (Å²) in [6.45, 7) is 0. The predicted molar refractivity (Wildman–Crippen MR) is 95.3 cm³/mol. The molecule has 0 amide bonds. The van der Waals surface area contributed by atoms with Crippen molar-refractivity contribution in [3.8, 4) is 5.69 Å². The summed E-state index contributed by atoms with van der Waals surface area (Å²) >= 11 is 4.80. The van der Waals surface area contributed by atoms with E-state index in [2.05, 4.69) is 15.5 Å². The van der Waals surface area contributed by atoms with Gasteiger partial charge in [-0.15, -0.1) is 15.0 Å². The van der Waals surface area contributed by atoms with Crippen LogP contribution < -0.4 is 16.7 Å². The molecule has 0 aliphatic heterocycles. The first kappa shape index (κ1) is 14.3. The molecule has 8 heteroatoms. The summed E-state index contributed by atoms with van der Waals surface area (Å²) in [5.41, 5.74) is 7.62. The predicted octanol–water partition coefficient (Wildman–Crippen LogP) is 2.18. The van der Waals surface area contributed by atoms with Crippen LogP contribution in [0.2, 0.25) is 0 Å². The summed E-state index contributed by atoms with van der Waals surface area (Å²) in [4.78, 5) is 13.6. The SMILES string of the molecule is NC(=S)Nc1ccc2cc(-n3nc4ccccc4n3)c(=O)oc2c1. The highest BCUT2D eigenvalue weighted by Gasteiger charge is 2.11. The number of nitrogens with two attached hydrogens (primary N) is 1. The summed E-state index contributed by atoms with van der Waals surface area (Å²) < 4.78 is 5.38. The van der Waals surface area contributed by atoms with E-state index in [0.29, 0.717) is 22.3 Å². The van der Waals surface area contributed by atoms with E-state index in [1.54, 1.807) is 24.3 Å². The van der Waals surface area contributed by atoms with Crippen molar-refractivity contribution in [1.29, 1.82) is 0 Å². The van der Waals surface area contributed by atoms with Crippen LogP contribution >= 0.6 is 12.2 Å². The van der Waals surface area contributed by atoms with Crippen molar-refractivity contribution in [2.75, 3.05) is 5.32 Å². The van der Waals surface area contributed by atoms with Gasteiger partial charge in [-0.25, -0.2) is 4.79 Å². The van der Waals surface area contributed by atoms with Gasteiger partial charge in [-0.1, -0.05) is 12.1 Å². The van der Waals surface area contributed by atoms with Crippen LogP contribution in [0.4, 0.5) is 5.69 Å². The molecule has 0 fully saturated rings. The highest BCUT2D eigenvalue weighted by atomic mass is 32.1. The van der Waals surface area contributed by atoms with E-state index < -0.39 is 5.63 Å². The summed E-state index contributed by atoms with van der Waals surface area (Å²) in [7, 11) is 0. The minimum Gasteiger partial charge on any atom is -0.421 e. The van der Waals surface area contributed by atoms with Crippen molar-refractivity contribution < 1.29 is 4.42 Å². The molecule has 2 aromatic heterocycles. The number of nitrogens with one attached hydrogen (secondary N) is 1. The van der Waals surface area contributed by atoms with Crippen molar-refractivity contribution in [1.82, 2.24) is 15.0 Å². The lowest BCUT2D eigenvalue weighted by Gasteiger charge is -2.05. The highest BCUT2D eigenvalue weighted by molar-refractivity contribution is 7.80. The second-order valence-corrected chi connectivity index (χ2v) is 5.58. The Labute approximate surface area is 140 Å². The topological polar surface area (TPSA) is 99.0 Å². The Bertz CT molecular complexity index is 1120. The van der Waals surface area contributed by atoms with Gasteiger partial charge < -0.3 is 15.5 Å². The second-order valence-electron chi connectivity index (χ2n) is 5.14. The van der Waals surface area contributed by atoms with Gasteiger partial charge in [0, 0.05) is 17.1 Å². The van der Waals surface area contributed by atoms with Crippen LogP contribution in [0.25, 0.3) is 27.7 Å². The molecule has 118 valence electrons. The molecule has 0 aliphatic carbocycles. The van der Waals surface area contributed by atoms with Gasteiger partial charge in [0.25, 0.3) is 0 Å². The van der Waals surface area contributed by atoms with Crippen molar-refractivity contribution >= 4 is 45.0 Å². The number of benzene rings is 2. The summed E-state index contributed by atoms with van der Waals surface area (Å²) in [6.07, 6.45) is 0.